The average molecular weight is 503 g/mol. The predicted octanol–water partition coefficient (Wildman–Crippen LogP) is 4.55. The molecule has 3 N–H and O–H groups in total. The lowest BCUT2D eigenvalue weighted by Crippen LogP contribution is -2.48. The minimum absolute atomic E-state index is 0.0627. The van der Waals surface area contributed by atoms with Crippen molar-refractivity contribution in [2.45, 2.75) is 26.3 Å². The molecule has 0 bridgehead atoms. The number of ether oxygens (including phenoxy) is 2. The molecule has 3 rings (SSSR count). The molecule has 1 atom stereocenters. The van der Waals surface area contributed by atoms with E-state index in [4.69, 9.17) is 9.47 Å². The van der Waals surface area contributed by atoms with Crippen LogP contribution in [0.4, 0.5) is 29.7 Å². The normalized spacial score (nSPS) is 15.4. The number of amides is 4. The summed E-state index contributed by atoms with van der Waals surface area (Å²) < 4.78 is 37.1. The van der Waals surface area contributed by atoms with Gasteiger partial charge in [-0.2, -0.15) is 0 Å². The van der Waals surface area contributed by atoms with Gasteiger partial charge < -0.3 is 25.4 Å². The van der Waals surface area contributed by atoms with Crippen molar-refractivity contribution in [3.05, 3.63) is 70.9 Å². The number of methoxy groups -OCH3 is 1. The van der Waals surface area contributed by atoms with E-state index >= 15 is 0 Å². The Labute approximate surface area is 207 Å². The van der Waals surface area contributed by atoms with E-state index in [9.17, 15) is 23.2 Å². The number of allylic oxidation sites excluding steroid dienone is 1. The molecular weight excluding hydrogens is 474 g/mol. The lowest BCUT2D eigenvalue weighted by Gasteiger charge is -2.35. The Morgan fingerprint density at radius 1 is 1.08 bits per heavy atom. The highest BCUT2D eigenvalue weighted by atomic mass is 19.1. The maximum atomic E-state index is 13.8. The molecule has 11 heteroatoms. The van der Waals surface area contributed by atoms with Crippen molar-refractivity contribution in [3.63, 3.8) is 0 Å². The number of nitrogens with one attached hydrogen (secondary N) is 3. The maximum absolute atomic E-state index is 13.8. The van der Waals surface area contributed by atoms with Gasteiger partial charge in [-0.15, -0.1) is 0 Å². The second kappa shape index (κ2) is 12.1. The summed E-state index contributed by atoms with van der Waals surface area (Å²) in [6.07, 6.45) is 0.700. The number of carbonyl (C=O) groups is 3. The van der Waals surface area contributed by atoms with Gasteiger partial charge in [0.2, 0.25) is 0 Å². The number of hydrogen-bond acceptors (Lipinski definition) is 5. The fourth-order valence-corrected chi connectivity index (χ4v) is 3.72. The monoisotopic (exact) mass is 502 g/mol. The van der Waals surface area contributed by atoms with Crippen LogP contribution in [0.5, 0.6) is 0 Å². The molecule has 0 fully saturated rings. The van der Waals surface area contributed by atoms with E-state index in [1.54, 1.807) is 31.2 Å². The van der Waals surface area contributed by atoms with Crippen molar-refractivity contribution in [2.75, 3.05) is 37.5 Å². The number of rotatable bonds is 9. The van der Waals surface area contributed by atoms with Gasteiger partial charge in [0.15, 0.2) is 0 Å². The maximum Gasteiger partial charge on any atom is 0.338 e. The standard InChI is InChI=1S/C25H28F2N4O5/c1-4-11-31-15(2)21(23(32)36-13-12-35-3)22(30-25(31)34)16-5-8-18(9-6-16)28-24(33)29-20-10-7-17(26)14-19(20)27/h5-10,14,22H,4,11-13H2,1-3H3,(H,30,34)(H2,28,29,33)/t22-/m0/s1. The Bertz CT molecular complexity index is 1150. The number of hydrogen-bond donors (Lipinski definition) is 3. The van der Waals surface area contributed by atoms with Crippen LogP contribution >= 0.6 is 0 Å². The molecule has 0 unspecified atom stereocenters. The summed E-state index contributed by atoms with van der Waals surface area (Å²) in [6.45, 7) is 4.36. The fourth-order valence-electron chi connectivity index (χ4n) is 3.72. The Kier molecular flexibility index (Phi) is 8.96. The van der Waals surface area contributed by atoms with Crippen LogP contribution in [-0.4, -0.2) is 49.8 Å². The molecule has 2 aromatic carbocycles. The molecule has 0 aromatic heterocycles. The second-order valence-electron chi connectivity index (χ2n) is 7.99. The molecular formula is C25H28F2N4O5. The first-order valence-corrected chi connectivity index (χ1v) is 11.3. The predicted molar refractivity (Wildman–Crippen MR) is 129 cm³/mol. The highest BCUT2D eigenvalue weighted by Crippen LogP contribution is 2.32. The van der Waals surface area contributed by atoms with Crippen molar-refractivity contribution < 1.29 is 32.6 Å². The largest absolute Gasteiger partial charge is 0.460 e. The van der Waals surface area contributed by atoms with Crippen molar-refractivity contribution >= 4 is 29.4 Å². The Balaban J connectivity index is 1.78. The Morgan fingerprint density at radius 2 is 1.81 bits per heavy atom. The first-order chi connectivity index (χ1) is 17.2. The summed E-state index contributed by atoms with van der Waals surface area (Å²) in [6, 6.07) is 7.41. The number of esters is 1. The number of urea groups is 2. The van der Waals surface area contributed by atoms with Gasteiger partial charge >= 0.3 is 18.0 Å². The van der Waals surface area contributed by atoms with Crippen LogP contribution in [0.2, 0.25) is 0 Å². The van der Waals surface area contributed by atoms with Gasteiger partial charge in [0.1, 0.15) is 18.2 Å². The van der Waals surface area contributed by atoms with E-state index in [1.165, 1.54) is 12.0 Å². The lowest BCUT2D eigenvalue weighted by atomic mass is 9.94. The number of halogens is 2. The van der Waals surface area contributed by atoms with E-state index in [2.05, 4.69) is 16.0 Å². The van der Waals surface area contributed by atoms with Crippen LogP contribution in [0.3, 0.4) is 0 Å². The van der Waals surface area contributed by atoms with Gasteiger partial charge in [0.05, 0.1) is 23.9 Å². The van der Waals surface area contributed by atoms with Crippen LogP contribution in [0.15, 0.2) is 53.7 Å². The van der Waals surface area contributed by atoms with Crippen LogP contribution in [0.25, 0.3) is 0 Å². The second-order valence-corrected chi connectivity index (χ2v) is 7.99. The third kappa shape index (κ3) is 6.36. The molecule has 0 spiro atoms. The number of carbonyl (C=O) groups excluding carboxylic acids is 3. The van der Waals surface area contributed by atoms with Crippen molar-refractivity contribution in [1.29, 1.82) is 0 Å². The van der Waals surface area contributed by atoms with Gasteiger partial charge in [-0.05, 0) is 43.2 Å². The first-order valence-electron chi connectivity index (χ1n) is 11.3. The molecule has 36 heavy (non-hydrogen) atoms. The van der Waals surface area contributed by atoms with Crippen molar-refractivity contribution in [3.8, 4) is 0 Å². The van der Waals surface area contributed by atoms with Crippen LogP contribution in [0.1, 0.15) is 31.9 Å². The fraction of sp³-hybridized carbons (Fsp3) is 0.320. The van der Waals surface area contributed by atoms with Gasteiger partial charge in [-0.1, -0.05) is 19.1 Å². The zero-order chi connectivity index (χ0) is 26.2. The van der Waals surface area contributed by atoms with Crippen molar-refractivity contribution in [1.82, 2.24) is 10.2 Å². The molecule has 0 saturated heterocycles. The number of nitrogens with zero attached hydrogens (tertiary/aromatic N) is 1. The Hall–Kier alpha value is -3.99. The molecule has 0 saturated carbocycles. The quantitative estimate of drug-likeness (QED) is 0.344. The molecule has 1 aliphatic rings. The molecule has 1 heterocycles. The summed E-state index contributed by atoms with van der Waals surface area (Å²) in [5.41, 5.74) is 1.58. The topological polar surface area (TPSA) is 109 Å². The van der Waals surface area contributed by atoms with Crippen LogP contribution < -0.4 is 16.0 Å². The average Bonchev–Trinajstić information content (AvgIpc) is 2.83. The van der Waals surface area contributed by atoms with Gasteiger partial charge in [0.25, 0.3) is 0 Å². The third-order valence-electron chi connectivity index (χ3n) is 5.47. The van der Waals surface area contributed by atoms with Crippen LogP contribution in [-0.2, 0) is 14.3 Å². The summed E-state index contributed by atoms with van der Waals surface area (Å²) in [7, 11) is 1.50. The minimum atomic E-state index is -0.905. The third-order valence-corrected chi connectivity index (χ3v) is 5.47. The number of anilines is 2. The molecule has 9 nitrogen and oxygen atoms in total. The molecule has 2 aromatic rings. The van der Waals surface area contributed by atoms with Crippen LogP contribution in [0, 0.1) is 11.6 Å². The molecule has 4 amide bonds. The van der Waals surface area contributed by atoms with E-state index in [-0.39, 0.29) is 24.9 Å². The zero-order valence-corrected chi connectivity index (χ0v) is 20.2. The minimum Gasteiger partial charge on any atom is -0.460 e. The number of benzene rings is 2. The van der Waals surface area contributed by atoms with Gasteiger partial charge in [0, 0.05) is 31.1 Å². The summed E-state index contributed by atoms with van der Waals surface area (Å²) in [5.74, 6) is -2.23. The van der Waals surface area contributed by atoms with E-state index < -0.39 is 29.7 Å². The highest BCUT2D eigenvalue weighted by Gasteiger charge is 2.36. The smallest absolute Gasteiger partial charge is 0.338 e. The molecule has 192 valence electrons. The first kappa shape index (κ1) is 26.6. The van der Waals surface area contributed by atoms with Gasteiger partial charge in [-0.25, -0.2) is 23.2 Å². The van der Waals surface area contributed by atoms with E-state index in [1.807, 2.05) is 6.92 Å². The molecule has 0 radical (unpaired) electrons. The summed E-state index contributed by atoms with van der Waals surface area (Å²) in [5, 5.41) is 7.70. The molecule has 0 aliphatic carbocycles. The van der Waals surface area contributed by atoms with Gasteiger partial charge in [-0.3, -0.25) is 4.90 Å². The van der Waals surface area contributed by atoms with E-state index in [0.717, 1.165) is 12.1 Å². The lowest BCUT2D eigenvalue weighted by molar-refractivity contribution is -0.140. The van der Waals surface area contributed by atoms with Crippen molar-refractivity contribution in [2.24, 2.45) is 0 Å². The Morgan fingerprint density at radius 3 is 2.44 bits per heavy atom. The highest BCUT2D eigenvalue weighted by molar-refractivity contribution is 6.00. The summed E-state index contributed by atoms with van der Waals surface area (Å²) in [4.78, 5) is 39.4. The van der Waals surface area contributed by atoms with E-state index in [0.29, 0.717) is 41.6 Å². The zero-order valence-electron chi connectivity index (χ0n) is 20.2. The molecule has 1 aliphatic heterocycles. The SMILES string of the molecule is CCCN1C(=O)N[C@@H](c2ccc(NC(=O)Nc3ccc(F)cc3F)cc2)C(C(=O)OCCOC)=C1C. The summed E-state index contributed by atoms with van der Waals surface area (Å²) >= 11 is 0.